The number of hydrogen-bond donors (Lipinski definition) is 4. The Morgan fingerprint density at radius 2 is 1.69 bits per heavy atom. The number of nitrogens with zero attached hydrogens (tertiary/aromatic N) is 2. The molecule has 1 aliphatic heterocycles. The third-order valence-electron chi connectivity index (χ3n) is 6.45. The summed E-state index contributed by atoms with van der Waals surface area (Å²) < 4.78 is 12.7. The third-order valence-corrected chi connectivity index (χ3v) is 7.46. The van der Waals surface area contributed by atoms with Gasteiger partial charge >= 0.3 is 5.97 Å². The highest BCUT2D eigenvalue weighted by molar-refractivity contribution is 7.99. The summed E-state index contributed by atoms with van der Waals surface area (Å²) in [7, 11) is 0. The lowest BCUT2D eigenvalue weighted by Gasteiger charge is -2.36. The number of aliphatic carboxylic acids is 1. The topological polar surface area (TPSA) is 147 Å². The number of aliphatic hydroxyl groups is 1. The lowest BCUT2D eigenvalue weighted by Crippen LogP contribution is -2.31. The average Bonchev–Trinajstić information content (AvgIpc) is 3.49. The molecule has 4 N–H and O–H groups in total. The number of aromatic nitrogens is 3. The van der Waals surface area contributed by atoms with Gasteiger partial charge in [-0.1, -0.05) is 66.7 Å². The molecule has 0 spiro atoms. The van der Waals surface area contributed by atoms with Crippen molar-refractivity contribution in [3.63, 3.8) is 0 Å². The predicted molar refractivity (Wildman–Crippen MR) is 145 cm³/mol. The fraction of sp³-hybridized carbons (Fsp3) is 0.429. The van der Waals surface area contributed by atoms with Crippen molar-refractivity contribution in [3.8, 4) is 0 Å². The van der Waals surface area contributed by atoms with Gasteiger partial charge in [-0.15, -0.1) is 0 Å². The molecule has 208 valence electrons. The van der Waals surface area contributed by atoms with Gasteiger partial charge in [-0.05, 0) is 29.5 Å². The molecule has 2 heterocycles. The van der Waals surface area contributed by atoms with Gasteiger partial charge in [0.1, 0.15) is 6.33 Å². The number of carboxylic acids is 1. The first kappa shape index (κ1) is 28.8. The first-order valence-electron chi connectivity index (χ1n) is 13.1. The van der Waals surface area contributed by atoms with Crippen LogP contribution in [0.25, 0.3) is 0 Å². The van der Waals surface area contributed by atoms with E-state index in [1.807, 2.05) is 48.5 Å². The van der Waals surface area contributed by atoms with Crippen LogP contribution in [0.2, 0.25) is 0 Å². The summed E-state index contributed by atoms with van der Waals surface area (Å²) >= 11 is 1.55. The van der Waals surface area contributed by atoms with E-state index in [0.29, 0.717) is 38.0 Å². The molecule has 11 heteroatoms. The van der Waals surface area contributed by atoms with Gasteiger partial charge in [0, 0.05) is 37.1 Å². The normalized spacial score (nSPS) is 19.1. The highest BCUT2D eigenvalue weighted by Gasteiger charge is 2.32. The highest BCUT2D eigenvalue weighted by Crippen LogP contribution is 2.39. The van der Waals surface area contributed by atoms with Crippen molar-refractivity contribution in [1.82, 2.24) is 20.5 Å². The minimum absolute atomic E-state index is 0.00637. The van der Waals surface area contributed by atoms with Crippen molar-refractivity contribution in [3.05, 3.63) is 77.1 Å². The van der Waals surface area contributed by atoms with E-state index >= 15 is 0 Å². The molecule has 0 unspecified atom stereocenters. The Morgan fingerprint density at radius 3 is 2.38 bits per heavy atom. The van der Waals surface area contributed by atoms with E-state index in [9.17, 15) is 14.7 Å². The van der Waals surface area contributed by atoms with Crippen LogP contribution in [-0.4, -0.2) is 49.1 Å². The molecule has 10 nitrogen and oxygen atoms in total. The van der Waals surface area contributed by atoms with Crippen molar-refractivity contribution < 1.29 is 29.3 Å². The molecule has 39 heavy (non-hydrogen) atoms. The van der Waals surface area contributed by atoms with E-state index in [1.54, 1.807) is 11.8 Å². The second kappa shape index (κ2) is 14.8. The molecular weight excluding hydrogens is 520 g/mol. The lowest BCUT2D eigenvalue weighted by atomic mass is 10.0. The molecule has 1 amide bonds. The van der Waals surface area contributed by atoms with E-state index in [-0.39, 0.29) is 31.1 Å². The van der Waals surface area contributed by atoms with E-state index in [4.69, 9.17) is 14.6 Å². The molecule has 1 saturated heterocycles. The van der Waals surface area contributed by atoms with E-state index < -0.39 is 12.3 Å². The van der Waals surface area contributed by atoms with Crippen LogP contribution >= 0.6 is 11.8 Å². The van der Waals surface area contributed by atoms with Gasteiger partial charge in [0.15, 0.2) is 11.4 Å². The van der Waals surface area contributed by atoms with Crippen LogP contribution in [0.5, 0.6) is 0 Å². The SMILES string of the molecule is O=C(O)CCCCCC(=O)NCc1ccc([C@H]2O[C@@H](CSc3ncn[nH]3)C[C@@H](c3ccc(CO)cc3)O2)cc1. The zero-order valence-electron chi connectivity index (χ0n) is 21.6. The van der Waals surface area contributed by atoms with Gasteiger partial charge in [-0.25, -0.2) is 4.98 Å². The predicted octanol–water partition coefficient (Wildman–Crippen LogP) is 4.29. The van der Waals surface area contributed by atoms with Crippen molar-refractivity contribution in [2.75, 3.05) is 5.75 Å². The summed E-state index contributed by atoms with van der Waals surface area (Å²) in [5.41, 5.74) is 3.72. The minimum atomic E-state index is -0.806. The van der Waals surface area contributed by atoms with E-state index in [1.165, 1.54) is 6.33 Å². The summed E-state index contributed by atoms with van der Waals surface area (Å²) in [5.74, 6) is -0.170. The molecule has 0 aliphatic carbocycles. The number of unbranched alkanes of at least 4 members (excludes halogenated alkanes) is 2. The van der Waals surface area contributed by atoms with Crippen molar-refractivity contribution in [2.45, 2.75) is 75.3 Å². The third kappa shape index (κ3) is 9.17. The number of carbonyl (C=O) groups excluding carboxylic acids is 1. The van der Waals surface area contributed by atoms with Crippen LogP contribution < -0.4 is 5.32 Å². The quantitative estimate of drug-likeness (QED) is 0.169. The smallest absolute Gasteiger partial charge is 0.303 e. The molecule has 0 bridgehead atoms. The summed E-state index contributed by atoms with van der Waals surface area (Å²) in [6.45, 7) is 0.407. The maximum atomic E-state index is 12.1. The minimum Gasteiger partial charge on any atom is -0.481 e. The molecule has 1 fully saturated rings. The fourth-order valence-corrected chi connectivity index (χ4v) is 5.08. The van der Waals surface area contributed by atoms with Gasteiger partial charge in [0.25, 0.3) is 0 Å². The second-order valence-corrected chi connectivity index (χ2v) is 10.4. The van der Waals surface area contributed by atoms with Crippen LogP contribution in [-0.2, 0) is 32.2 Å². The van der Waals surface area contributed by atoms with Gasteiger partial charge < -0.3 is 25.0 Å². The van der Waals surface area contributed by atoms with Gasteiger partial charge in [0.2, 0.25) is 5.91 Å². The average molecular weight is 555 g/mol. The Hall–Kier alpha value is -3.25. The Balaban J connectivity index is 1.33. The number of aromatic amines is 1. The van der Waals surface area contributed by atoms with Crippen LogP contribution in [0.15, 0.2) is 60.0 Å². The number of rotatable bonds is 14. The van der Waals surface area contributed by atoms with Crippen molar-refractivity contribution in [2.24, 2.45) is 0 Å². The molecule has 4 rings (SSSR count). The number of thioether (sulfide) groups is 1. The Kier molecular flexibility index (Phi) is 10.9. The number of H-pyrrole nitrogens is 1. The second-order valence-electron chi connectivity index (χ2n) is 9.42. The van der Waals surface area contributed by atoms with Crippen molar-refractivity contribution in [1.29, 1.82) is 0 Å². The number of benzene rings is 2. The number of ether oxygens (including phenoxy) is 2. The maximum Gasteiger partial charge on any atom is 0.303 e. The summed E-state index contributed by atoms with van der Waals surface area (Å²) in [6, 6.07) is 15.6. The summed E-state index contributed by atoms with van der Waals surface area (Å²) in [5, 5.41) is 28.5. The molecular formula is C28H34N4O6S. The maximum absolute atomic E-state index is 12.1. The largest absolute Gasteiger partial charge is 0.481 e. The Morgan fingerprint density at radius 1 is 0.974 bits per heavy atom. The van der Waals surface area contributed by atoms with Crippen LogP contribution in [0.4, 0.5) is 0 Å². The molecule has 0 radical (unpaired) electrons. The zero-order valence-corrected chi connectivity index (χ0v) is 22.4. The fourth-order valence-electron chi connectivity index (χ4n) is 4.28. The first-order valence-corrected chi connectivity index (χ1v) is 14.0. The number of carboxylic acid groups (broad SMARTS) is 1. The Labute approximate surface area is 231 Å². The number of amides is 1. The lowest BCUT2D eigenvalue weighted by molar-refractivity contribution is -0.245. The standard InChI is InChI=1S/C28H34N4O6S/c33-16-20-8-10-21(11-9-20)24-14-23(17-39-28-30-18-31-32-28)37-27(38-24)22-12-6-19(7-13-22)15-29-25(34)4-2-1-3-5-26(35)36/h6-13,18,23-24,27,33H,1-5,14-17H2,(H,29,34)(H,35,36)(H,30,31,32)/t23-,24+,27+/m1/s1. The van der Waals surface area contributed by atoms with Crippen LogP contribution in [0.1, 0.15) is 73.2 Å². The molecule has 0 saturated carbocycles. The molecule has 3 atom stereocenters. The van der Waals surface area contributed by atoms with Crippen molar-refractivity contribution >= 4 is 23.6 Å². The monoisotopic (exact) mass is 554 g/mol. The summed E-state index contributed by atoms with van der Waals surface area (Å²) in [6.07, 6.45) is 3.84. The number of aliphatic hydroxyl groups excluding tert-OH is 1. The van der Waals surface area contributed by atoms with Gasteiger partial charge in [-0.2, -0.15) is 5.10 Å². The first-order chi connectivity index (χ1) is 19.0. The molecule has 1 aliphatic rings. The zero-order chi connectivity index (χ0) is 27.5. The molecule has 3 aromatic rings. The van der Waals surface area contributed by atoms with E-state index in [0.717, 1.165) is 33.8 Å². The number of hydrogen-bond acceptors (Lipinski definition) is 8. The number of carbonyl (C=O) groups is 2. The molecule has 2 aromatic carbocycles. The summed E-state index contributed by atoms with van der Waals surface area (Å²) in [4.78, 5) is 26.9. The number of nitrogens with one attached hydrogen (secondary N) is 2. The van der Waals surface area contributed by atoms with Gasteiger partial charge in [0.05, 0.1) is 18.8 Å². The van der Waals surface area contributed by atoms with Gasteiger partial charge in [-0.3, -0.25) is 14.7 Å². The highest BCUT2D eigenvalue weighted by atomic mass is 32.2. The van der Waals surface area contributed by atoms with Crippen LogP contribution in [0.3, 0.4) is 0 Å². The van der Waals surface area contributed by atoms with E-state index in [2.05, 4.69) is 20.5 Å². The Bertz CT molecular complexity index is 1170. The van der Waals surface area contributed by atoms with Crippen LogP contribution in [0, 0.1) is 0 Å². The molecule has 1 aromatic heterocycles.